The van der Waals surface area contributed by atoms with E-state index in [4.69, 9.17) is 5.90 Å². The van der Waals surface area contributed by atoms with Crippen LogP contribution in [-0.2, 0) is 4.84 Å². The lowest BCUT2D eigenvalue weighted by molar-refractivity contribution is 0.123. The zero-order chi connectivity index (χ0) is 8.81. The predicted octanol–water partition coefficient (Wildman–Crippen LogP) is 0.999. The molecule has 0 atom stereocenters. The maximum absolute atomic E-state index is 4.96. The van der Waals surface area contributed by atoms with Crippen LogP contribution >= 0.6 is 0 Å². The molecule has 3 nitrogen and oxygen atoms in total. The van der Waals surface area contributed by atoms with Crippen molar-refractivity contribution in [2.45, 2.75) is 25.7 Å². The molecule has 0 bridgehead atoms. The number of piperidine rings is 1. The van der Waals surface area contributed by atoms with E-state index >= 15 is 0 Å². The molecule has 0 unspecified atom stereocenters. The largest absolute Gasteiger partial charge is 0.306 e. The summed E-state index contributed by atoms with van der Waals surface area (Å²) in [4.78, 5) is 6.94. The minimum atomic E-state index is 0.715. The molecule has 72 valence electrons. The van der Waals surface area contributed by atoms with Gasteiger partial charge in [-0.3, -0.25) is 0 Å². The first-order chi connectivity index (χ1) is 5.83. The topological polar surface area (TPSA) is 38.5 Å². The molecule has 0 aromatic carbocycles. The van der Waals surface area contributed by atoms with Crippen molar-refractivity contribution in [3.8, 4) is 0 Å². The Balaban J connectivity index is 2.01. The van der Waals surface area contributed by atoms with Crippen molar-refractivity contribution in [3.63, 3.8) is 0 Å². The number of hydrogen-bond donors (Lipinski definition) is 1. The zero-order valence-corrected chi connectivity index (χ0v) is 7.96. The summed E-state index contributed by atoms with van der Waals surface area (Å²) in [5.41, 5.74) is 0. The summed E-state index contributed by atoms with van der Waals surface area (Å²) in [5, 5.41) is 0. The number of nitrogens with zero attached hydrogens (tertiary/aromatic N) is 1. The summed E-state index contributed by atoms with van der Waals surface area (Å²) < 4.78 is 0. The lowest BCUT2D eigenvalue weighted by Crippen LogP contribution is -2.30. The van der Waals surface area contributed by atoms with Gasteiger partial charge in [0.1, 0.15) is 0 Å². The van der Waals surface area contributed by atoms with Gasteiger partial charge in [0.2, 0.25) is 0 Å². The highest BCUT2D eigenvalue weighted by atomic mass is 16.6. The van der Waals surface area contributed by atoms with Crippen LogP contribution in [0.3, 0.4) is 0 Å². The molecule has 0 aromatic rings. The van der Waals surface area contributed by atoms with Crippen LogP contribution in [0.1, 0.15) is 25.7 Å². The van der Waals surface area contributed by atoms with Crippen molar-refractivity contribution in [1.82, 2.24) is 4.90 Å². The van der Waals surface area contributed by atoms with E-state index < -0.39 is 0 Å². The SMILES string of the molecule is CN1CCC(CCCON)CC1. The van der Waals surface area contributed by atoms with Crippen molar-refractivity contribution in [1.29, 1.82) is 0 Å². The second kappa shape index (κ2) is 5.51. The fraction of sp³-hybridized carbons (Fsp3) is 1.00. The third-order valence-electron chi connectivity index (χ3n) is 2.71. The molecule has 12 heavy (non-hydrogen) atoms. The van der Waals surface area contributed by atoms with Crippen LogP contribution in [0.25, 0.3) is 0 Å². The minimum absolute atomic E-state index is 0.715. The van der Waals surface area contributed by atoms with Crippen LogP contribution < -0.4 is 5.90 Å². The van der Waals surface area contributed by atoms with Gasteiger partial charge in [0.25, 0.3) is 0 Å². The van der Waals surface area contributed by atoms with Gasteiger partial charge in [-0.15, -0.1) is 0 Å². The third kappa shape index (κ3) is 3.52. The highest BCUT2D eigenvalue weighted by Gasteiger charge is 2.15. The fourth-order valence-corrected chi connectivity index (χ4v) is 1.81. The molecule has 1 aliphatic heterocycles. The zero-order valence-electron chi connectivity index (χ0n) is 7.96. The molecule has 1 rings (SSSR count). The summed E-state index contributed by atoms with van der Waals surface area (Å²) in [7, 11) is 2.19. The molecular weight excluding hydrogens is 152 g/mol. The molecule has 0 radical (unpaired) electrons. The van der Waals surface area contributed by atoms with Gasteiger partial charge in [0.15, 0.2) is 0 Å². The molecule has 2 N–H and O–H groups in total. The average molecular weight is 172 g/mol. The Morgan fingerprint density at radius 2 is 2.08 bits per heavy atom. The Kier molecular flexibility index (Phi) is 4.58. The van der Waals surface area contributed by atoms with Crippen molar-refractivity contribution >= 4 is 0 Å². The Bertz CT molecular complexity index is 111. The van der Waals surface area contributed by atoms with Crippen molar-refractivity contribution < 1.29 is 4.84 Å². The third-order valence-corrected chi connectivity index (χ3v) is 2.71. The van der Waals surface area contributed by atoms with E-state index in [1.165, 1.54) is 32.4 Å². The highest BCUT2D eigenvalue weighted by Crippen LogP contribution is 2.20. The Morgan fingerprint density at radius 1 is 1.42 bits per heavy atom. The molecule has 1 fully saturated rings. The van der Waals surface area contributed by atoms with Gasteiger partial charge >= 0.3 is 0 Å². The first-order valence-electron chi connectivity index (χ1n) is 4.83. The van der Waals surface area contributed by atoms with Gasteiger partial charge in [0, 0.05) is 0 Å². The maximum Gasteiger partial charge on any atom is 0.0679 e. The quantitative estimate of drug-likeness (QED) is 0.508. The molecule has 1 heterocycles. The van der Waals surface area contributed by atoms with Gasteiger partial charge in [0.05, 0.1) is 6.61 Å². The molecule has 0 aliphatic carbocycles. The van der Waals surface area contributed by atoms with Crippen LogP contribution in [0.2, 0.25) is 0 Å². The van der Waals surface area contributed by atoms with Gasteiger partial charge in [-0.25, -0.2) is 5.90 Å². The van der Waals surface area contributed by atoms with E-state index in [2.05, 4.69) is 16.8 Å². The molecule has 0 saturated carbocycles. The van der Waals surface area contributed by atoms with E-state index in [-0.39, 0.29) is 0 Å². The molecule has 0 aromatic heterocycles. The smallest absolute Gasteiger partial charge is 0.0679 e. The van der Waals surface area contributed by atoms with Crippen LogP contribution in [0.15, 0.2) is 0 Å². The normalized spacial score (nSPS) is 21.5. The molecule has 1 aliphatic rings. The Labute approximate surface area is 74.8 Å². The van der Waals surface area contributed by atoms with E-state index in [9.17, 15) is 0 Å². The molecule has 3 heteroatoms. The van der Waals surface area contributed by atoms with E-state index in [1.807, 2.05) is 0 Å². The van der Waals surface area contributed by atoms with Crippen LogP contribution in [0, 0.1) is 5.92 Å². The maximum atomic E-state index is 4.96. The number of likely N-dealkylation sites (tertiary alicyclic amines) is 1. The van der Waals surface area contributed by atoms with Crippen LogP contribution in [0.4, 0.5) is 0 Å². The standard InChI is InChI=1S/C9H20N2O/c1-11-6-4-9(5-7-11)3-2-8-12-10/h9H,2-8,10H2,1H3. The molecule has 0 amide bonds. The molecule has 1 saturated heterocycles. The summed E-state index contributed by atoms with van der Waals surface area (Å²) in [6.07, 6.45) is 5.10. The van der Waals surface area contributed by atoms with E-state index in [0.29, 0.717) is 6.61 Å². The first-order valence-corrected chi connectivity index (χ1v) is 4.83. The van der Waals surface area contributed by atoms with Gasteiger partial charge in [-0.05, 0) is 51.7 Å². The fourth-order valence-electron chi connectivity index (χ4n) is 1.81. The molecule has 0 spiro atoms. The van der Waals surface area contributed by atoms with Crippen LogP contribution in [-0.4, -0.2) is 31.6 Å². The van der Waals surface area contributed by atoms with Gasteiger partial charge in [-0.2, -0.15) is 0 Å². The number of rotatable bonds is 4. The van der Waals surface area contributed by atoms with E-state index in [0.717, 1.165) is 12.3 Å². The van der Waals surface area contributed by atoms with Crippen molar-refractivity contribution in [3.05, 3.63) is 0 Å². The number of hydrogen-bond acceptors (Lipinski definition) is 3. The minimum Gasteiger partial charge on any atom is -0.306 e. The summed E-state index contributed by atoms with van der Waals surface area (Å²) >= 11 is 0. The first kappa shape index (κ1) is 9.96. The predicted molar refractivity (Wildman–Crippen MR) is 49.6 cm³/mol. The van der Waals surface area contributed by atoms with Gasteiger partial charge < -0.3 is 9.74 Å². The van der Waals surface area contributed by atoms with Crippen molar-refractivity contribution in [2.24, 2.45) is 11.8 Å². The van der Waals surface area contributed by atoms with Crippen molar-refractivity contribution in [2.75, 3.05) is 26.7 Å². The Hall–Kier alpha value is -0.120. The summed E-state index contributed by atoms with van der Waals surface area (Å²) in [5.74, 6) is 5.87. The second-order valence-electron chi connectivity index (χ2n) is 3.76. The lowest BCUT2D eigenvalue weighted by Gasteiger charge is -2.28. The summed E-state index contributed by atoms with van der Waals surface area (Å²) in [6, 6.07) is 0. The number of nitrogens with two attached hydrogens (primary N) is 1. The van der Waals surface area contributed by atoms with Gasteiger partial charge in [-0.1, -0.05) is 0 Å². The van der Waals surface area contributed by atoms with E-state index in [1.54, 1.807) is 0 Å². The lowest BCUT2D eigenvalue weighted by atomic mass is 9.93. The molecular formula is C9H20N2O. The highest BCUT2D eigenvalue weighted by molar-refractivity contribution is 4.69. The Morgan fingerprint density at radius 3 is 2.67 bits per heavy atom. The average Bonchev–Trinajstić information content (AvgIpc) is 2.09. The summed E-state index contributed by atoms with van der Waals surface area (Å²) in [6.45, 7) is 3.23. The monoisotopic (exact) mass is 172 g/mol. The van der Waals surface area contributed by atoms with Crippen LogP contribution in [0.5, 0.6) is 0 Å². The second-order valence-corrected chi connectivity index (χ2v) is 3.76.